The van der Waals surface area contributed by atoms with E-state index in [9.17, 15) is 0 Å². The molecule has 0 aliphatic rings. The Labute approximate surface area is 135 Å². The van der Waals surface area contributed by atoms with E-state index in [4.69, 9.17) is 4.74 Å². The fraction of sp³-hybridized carbons (Fsp3) is 0.278. The van der Waals surface area contributed by atoms with Crippen molar-refractivity contribution in [2.45, 2.75) is 6.42 Å². The molecule has 0 aliphatic carbocycles. The number of hydrogen-bond donors (Lipinski definition) is 0. The Morgan fingerprint density at radius 1 is 1.18 bits per heavy atom. The van der Waals surface area contributed by atoms with Gasteiger partial charge in [-0.15, -0.1) is 11.3 Å². The first-order chi connectivity index (χ1) is 10.7. The lowest BCUT2D eigenvalue weighted by atomic mass is 10.0. The van der Waals surface area contributed by atoms with E-state index in [1.807, 2.05) is 23.6 Å². The van der Waals surface area contributed by atoms with Gasteiger partial charge in [-0.3, -0.25) is 4.98 Å². The van der Waals surface area contributed by atoms with Gasteiger partial charge in [0, 0.05) is 45.0 Å². The van der Waals surface area contributed by atoms with Crippen LogP contribution in [-0.4, -0.2) is 37.6 Å². The first-order valence-corrected chi connectivity index (χ1v) is 8.16. The van der Waals surface area contributed by atoms with Crippen LogP contribution >= 0.6 is 11.3 Å². The summed E-state index contributed by atoms with van der Waals surface area (Å²) in [5.74, 6) is 0.879. The number of ether oxygens (including phenoxy) is 1. The van der Waals surface area contributed by atoms with Crippen molar-refractivity contribution < 1.29 is 4.74 Å². The molecule has 3 rings (SSSR count). The normalized spacial score (nSPS) is 11.3. The maximum absolute atomic E-state index is 5.55. The summed E-state index contributed by atoms with van der Waals surface area (Å²) in [6.07, 6.45) is 4.71. The molecule has 0 fully saturated rings. The molecule has 3 aromatic rings. The van der Waals surface area contributed by atoms with E-state index in [0.29, 0.717) is 0 Å². The van der Waals surface area contributed by atoms with Crippen LogP contribution < -0.4 is 4.74 Å². The van der Waals surface area contributed by atoms with Crippen LogP contribution in [0.25, 0.3) is 21.2 Å². The lowest BCUT2D eigenvalue weighted by Gasteiger charge is -2.12. The molecule has 2 aromatic heterocycles. The SMILES string of the molecule is COc1ccncc1-c1c(CCN(C)C)sc2ccccc12. The monoisotopic (exact) mass is 312 g/mol. The quantitative estimate of drug-likeness (QED) is 0.710. The Balaban J connectivity index is 2.19. The van der Waals surface area contributed by atoms with Gasteiger partial charge in [0.25, 0.3) is 0 Å². The van der Waals surface area contributed by atoms with Crippen LogP contribution in [0.3, 0.4) is 0 Å². The molecule has 0 amide bonds. The maximum atomic E-state index is 5.55. The minimum Gasteiger partial charge on any atom is -0.496 e. The number of aromatic nitrogens is 1. The Hall–Kier alpha value is -1.91. The van der Waals surface area contributed by atoms with E-state index in [1.165, 1.54) is 20.5 Å². The van der Waals surface area contributed by atoms with Gasteiger partial charge >= 0.3 is 0 Å². The van der Waals surface area contributed by atoms with Crippen LogP contribution in [-0.2, 0) is 6.42 Å². The fourth-order valence-electron chi connectivity index (χ4n) is 2.64. The summed E-state index contributed by atoms with van der Waals surface area (Å²) in [5, 5.41) is 1.28. The second-order valence-corrected chi connectivity index (χ2v) is 6.66. The number of benzene rings is 1. The Bertz CT molecular complexity index is 780. The smallest absolute Gasteiger partial charge is 0.129 e. The zero-order valence-electron chi connectivity index (χ0n) is 13.2. The van der Waals surface area contributed by atoms with Crippen molar-refractivity contribution in [2.75, 3.05) is 27.7 Å². The molecule has 0 spiro atoms. The van der Waals surface area contributed by atoms with Crippen LogP contribution in [0.1, 0.15) is 4.88 Å². The minimum absolute atomic E-state index is 0.879. The molecule has 0 radical (unpaired) electrons. The number of rotatable bonds is 5. The van der Waals surface area contributed by atoms with Gasteiger partial charge in [-0.2, -0.15) is 0 Å². The molecule has 0 saturated carbocycles. The molecule has 22 heavy (non-hydrogen) atoms. The number of hydrogen-bond acceptors (Lipinski definition) is 4. The second kappa shape index (κ2) is 6.46. The molecule has 4 heteroatoms. The zero-order chi connectivity index (χ0) is 15.5. The van der Waals surface area contributed by atoms with Gasteiger partial charge in [0.1, 0.15) is 5.75 Å². The van der Waals surface area contributed by atoms with Gasteiger partial charge in [-0.05, 0) is 32.6 Å². The molecular weight excluding hydrogens is 292 g/mol. The van der Waals surface area contributed by atoms with Crippen molar-refractivity contribution in [1.29, 1.82) is 0 Å². The van der Waals surface area contributed by atoms with Crippen LogP contribution in [0.4, 0.5) is 0 Å². The Morgan fingerprint density at radius 2 is 2.00 bits per heavy atom. The van der Waals surface area contributed by atoms with E-state index in [1.54, 1.807) is 13.3 Å². The van der Waals surface area contributed by atoms with Gasteiger partial charge in [-0.25, -0.2) is 0 Å². The summed E-state index contributed by atoms with van der Waals surface area (Å²) in [7, 11) is 5.93. The van der Waals surface area contributed by atoms with Gasteiger partial charge in [-0.1, -0.05) is 18.2 Å². The van der Waals surface area contributed by atoms with E-state index >= 15 is 0 Å². The predicted octanol–water partition coefficient (Wildman–Crippen LogP) is 4.08. The third kappa shape index (κ3) is 2.85. The van der Waals surface area contributed by atoms with E-state index in [0.717, 1.165) is 24.3 Å². The number of methoxy groups -OCH3 is 1. The number of pyridine rings is 1. The highest BCUT2D eigenvalue weighted by Crippen LogP contribution is 2.42. The zero-order valence-corrected chi connectivity index (χ0v) is 14.0. The highest BCUT2D eigenvalue weighted by atomic mass is 32.1. The van der Waals surface area contributed by atoms with Crippen molar-refractivity contribution in [3.8, 4) is 16.9 Å². The van der Waals surface area contributed by atoms with Crippen molar-refractivity contribution >= 4 is 21.4 Å². The third-order valence-electron chi connectivity index (χ3n) is 3.72. The minimum atomic E-state index is 0.879. The molecule has 3 nitrogen and oxygen atoms in total. The molecule has 0 atom stereocenters. The lowest BCUT2D eigenvalue weighted by molar-refractivity contribution is 0.413. The van der Waals surface area contributed by atoms with Gasteiger partial charge in [0.05, 0.1) is 7.11 Å². The highest BCUT2D eigenvalue weighted by molar-refractivity contribution is 7.19. The average Bonchev–Trinajstić information content (AvgIpc) is 2.91. The molecule has 1 aromatic carbocycles. The first-order valence-electron chi connectivity index (χ1n) is 7.34. The average molecular weight is 312 g/mol. The number of thiophene rings is 1. The predicted molar refractivity (Wildman–Crippen MR) is 93.9 cm³/mol. The molecule has 0 saturated heterocycles. The number of nitrogens with zero attached hydrogens (tertiary/aromatic N) is 2. The number of fused-ring (bicyclic) bond motifs is 1. The van der Waals surface area contributed by atoms with Crippen molar-refractivity contribution in [3.63, 3.8) is 0 Å². The van der Waals surface area contributed by atoms with Gasteiger partial charge in [0.2, 0.25) is 0 Å². The molecule has 2 heterocycles. The summed E-state index contributed by atoms with van der Waals surface area (Å²) in [4.78, 5) is 7.91. The van der Waals surface area contributed by atoms with Crippen LogP contribution in [0, 0.1) is 0 Å². The van der Waals surface area contributed by atoms with Crippen molar-refractivity contribution in [2.24, 2.45) is 0 Å². The summed E-state index contributed by atoms with van der Waals surface area (Å²) in [6, 6.07) is 10.5. The van der Waals surface area contributed by atoms with Crippen LogP contribution in [0.5, 0.6) is 5.75 Å². The van der Waals surface area contributed by atoms with E-state index < -0.39 is 0 Å². The highest BCUT2D eigenvalue weighted by Gasteiger charge is 2.17. The third-order valence-corrected chi connectivity index (χ3v) is 4.96. The standard InChI is InChI=1S/C18H20N2OS/c1-20(2)11-9-17-18(13-6-4-5-7-16(13)22-17)14-12-19-10-8-15(14)21-3/h4-8,10,12H,9,11H2,1-3H3. The summed E-state index contributed by atoms with van der Waals surface area (Å²) in [5.41, 5.74) is 2.35. The van der Waals surface area contributed by atoms with Gasteiger partial charge < -0.3 is 9.64 Å². The topological polar surface area (TPSA) is 25.4 Å². The Morgan fingerprint density at radius 3 is 2.77 bits per heavy atom. The Kier molecular flexibility index (Phi) is 4.41. The summed E-state index contributed by atoms with van der Waals surface area (Å²) in [6.45, 7) is 1.03. The van der Waals surface area contributed by atoms with Crippen molar-refractivity contribution in [1.82, 2.24) is 9.88 Å². The summed E-state index contributed by atoms with van der Waals surface area (Å²) >= 11 is 1.87. The molecule has 0 bridgehead atoms. The van der Waals surface area contributed by atoms with Crippen molar-refractivity contribution in [3.05, 3.63) is 47.6 Å². The van der Waals surface area contributed by atoms with E-state index in [2.05, 4.69) is 48.2 Å². The molecule has 0 aliphatic heterocycles. The molecule has 0 unspecified atom stereocenters. The second-order valence-electron chi connectivity index (χ2n) is 5.53. The molecular formula is C18H20N2OS. The number of likely N-dealkylation sites (N-methyl/N-ethyl adjacent to an activating group) is 1. The fourth-order valence-corrected chi connectivity index (χ4v) is 3.85. The molecule has 114 valence electrons. The van der Waals surface area contributed by atoms with Gasteiger partial charge in [0.15, 0.2) is 0 Å². The lowest BCUT2D eigenvalue weighted by Crippen LogP contribution is -2.14. The molecule has 0 N–H and O–H groups in total. The van der Waals surface area contributed by atoms with Crippen LogP contribution in [0.15, 0.2) is 42.7 Å². The van der Waals surface area contributed by atoms with Crippen LogP contribution in [0.2, 0.25) is 0 Å². The maximum Gasteiger partial charge on any atom is 0.129 e. The van der Waals surface area contributed by atoms with E-state index in [-0.39, 0.29) is 0 Å². The first kappa shape index (κ1) is 15.0. The largest absolute Gasteiger partial charge is 0.496 e. The summed E-state index contributed by atoms with van der Waals surface area (Å²) < 4.78 is 6.87.